The minimum atomic E-state index is -3.49. The Hall–Kier alpha value is -0.950. The number of nitrogens with two attached hydrogens (primary N) is 1. The van der Waals surface area contributed by atoms with Crippen LogP contribution in [0.15, 0.2) is 29.2 Å². The number of rotatable bonds is 9. The van der Waals surface area contributed by atoms with Crippen molar-refractivity contribution in [2.75, 3.05) is 19.8 Å². The maximum Gasteiger partial charge on any atom is 0.240 e. The van der Waals surface area contributed by atoms with E-state index in [9.17, 15) is 8.42 Å². The lowest BCUT2D eigenvalue weighted by atomic mass is 10.1. The van der Waals surface area contributed by atoms with Gasteiger partial charge >= 0.3 is 0 Å². The third-order valence-electron chi connectivity index (χ3n) is 2.87. The standard InChI is InChI=1S/C14H24N2O3S/c1-3-4-9-19-10-8-16-20(17,18)14-7-5-6-13(11-14)12(2)15/h5-7,11-12,16H,3-4,8-10,15H2,1-2H3. The molecule has 0 aliphatic carbocycles. The number of sulfonamides is 1. The van der Waals surface area contributed by atoms with Gasteiger partial charge in [-0.1, -0.05) is 25.5 Å². The summed E-state index contributed by atoms with van der Waals surface area (Å²) in [5.41, 5.74) is 6.56. The van der Waals surface area contributed by atoms with Crippen LogP contribution in [0, 0.1) is 0 Å². The maximum absolute atomic E-state index is 12.1. The van der Waals surface area contributed by atoms with Crippen LogP contribution in [0.2, 0.25) is 0 Å². The number of hydrogen-bond donors (Lipinski definition) is 2. The van der Waals surface area contributed by atoms with E-state index in [4.69, 9.17) is 10.5 Å². The average molecular weight is 300 g/mol. The summed E-state index contributed by atoms with van der Waals surface area (Å²) >= 11 is 0. The topological polar surface area (TPSA) is 81.4 Å². The molecule has 0 aliphatic heterocycles. The first-order valence-electron chi connectivity index (χ1n) is 6.90. The predicted molar refractivity (Wildman–Crippen MR) is 80.0 cm³/mol. The Labute approximate surface area is 121 Å². The second-order valence-corrected chi connectivity index (χ2v) is 6.49. The lowest BCUT2D eigenvalue weighted by Crippen LogP contribution is -2.27. The van der Waals surface area contributed by atoms with Crippen LogP contribution in [0.25, 0.3) is 0 Å². The van der Waals surface area contributed by atoms with Crippen molar-refractivity contribution in [1.82, 2.24) is 4.72 Å². The van der Waals surface area contributed by atoms with Crippen molar-refractivity contribution >= 4 is 10.0 Å². The minimum Gasteiger partial charge on any atom is -0.380 e. The lowest BCUT2D eigenvalue weighted by Gasteiger charge is -2.10. The largest absolute Gasteiger partial charge is 0.380 e. The fourth-order valence-electron chi connectivity index (χ4n) is 1.64. The third kappa shape index (κ3) is 5.58. The van der Waals surface area contributed by atoms with Gasteiger partial charge in [0, 0.05) is 19.2 Å². The van der Waals surface area contributed by atoms with Gasteiger partial charge in [-0.05, 0) is 31.0 Å². The van der Waals surface area contributed by atoms with E-state index >= 15 is 0 Å². The normalized spacial score (nSPS) is 13.3. The van der Waals surface area contributed by atoms with Crippen LogP contribution in [-0.2, 0) is 14.8 Å². The third-order valence-corrected chi connectivity index (χ3v) is 4.33. The fraction of sp³-hybridized carbons (Fsp3) is 0.571. The molecule has 20 heavy (non-hydrogen) atoms. The number of unbranched alkanes of at least 4 members (excludes halogenated alkanes) is 1. The summed E-state index contributed by atoms with van der Waals surface area (Å²) in [4.78, 5) is 0.237. The molecule has 1 unspecified atom stereocenters. The van der Waals surface area contributed by atoms with Crippen molar-refractivity contribution < 1.29 is 13.2 Å². The van der Waals surface area contributed by atoms with Gasteiger partial charge in [-0.2, -0.15) is 0 Å². The first kappa shape index (κ1) is 17.1. The molecule has 0 aliphatic rings. The molecule has 0 saturated carbocycles. The molecule has 0 aromatic heterocycles. The van der Waals surface area contributed by atoms with E-state index in [0.717, 1.165) is 18.4 Å². The van der Waals surface area contributed by atoms with Gasteiger partial charge in [0.25, 0.3) is 0 Å². The predicted octanol–water partition coefficient (Wildman–Crippen LogP) is 1.80. The van der Waals surface area contributed by atoms with E-state index < -0.39 is 10.0 Å². The van der Waals surface area contributed by atoms with Crippen LogP contribution in [0.1, 0.15) is 38.3 Å². The van der Waals surface area contributed by atoms with E-state index in [1.807, 2.05) is 13.0 Å². The summed E-state index contributed by atoms with van der Waals surface area (Å²) in [6.07, 6.45) is 2.05. The summed E-state index contributed by atoms with van der Waals surface area (Å²) in [7, 11) is -3.49. The van der Waals surface area contributed by atoms with E-state index in [-0.39, 0.29) is 17.5 Å². The minimum absolute atomic E-state index is 0.192. The molecule has 0 spiro atoms. The highest BCUT2D eigenvalue weighted by Crippen LogP contribution is 2.15. The average Bonchev–Trinajstić information content (AvgIpc) is 2.43. The van der Waals surface area contributed by atoms with Crippen LogP contribution in [0.3, 0.4) is 0 Å². The van der Waals surface area contributed by atoms with Gasteiger partial charge in [-0.3, -0.25) is 0 Å². The van der Waals surface area contributed by atoms with Crippen molar-refractivity contribution in [1.29, 1.82) is 0 Å². The highest BCUT2D eigenvalue weighted by Gasteiger charge is 2.14. The van der Waals surface area contributed by atoms with Crippen molar-refractivity contribution in [3.63, 3.8) is 0 Å². The molecule has 1 atom stereocenters. The second kappa shape index (κ2) is 8.36. The SMILES string of the molecule is CCCCOCCNS(=O)(=O)c1cccc(C(C)N)c1. The van der Waals surface area contributed by atoms with Crippen molar-refractivity contribution in [3.05, 3.63) is 29.8 Å². The van der Waals surface area contributed by atoms with Gasteiger partial charge < -0.3 is 10.5 Å². The van der Waals surface area contributed by atoms with Crippen LogP contribution in [0.4, 0.5) is 0 Å². The lowest BCUT2D eigenvalue weighted by molar-refractivity contribution is 0.136. The zero-order valence-electron chi connectivity index (χ0n) is 12.1. The van der Waals surface area contributed by atoms with Crippen LogP contribution >= 0.6 is 0 Å². The molecule has 6 heteroatoms. The molecule has 3 N–H and O–H groups in total. The quantitative estimate of drug-likeness (QED) is 0.681. The zero-order valence-corrected chi connectivity index (χ0v) is 12.9. The molecule has 1 rings (SSSR count). The van der Waals surface area contributed by atoms with Crippen LogP contribution < -0.4 is 10.5 Å². The van der Waals surface area contributed by atoms with Crippen LogP contribution in [-0.4, -0.2) is 28.2 Å². The van der Waals surface area contributed by atoms with Gasteiger partial charge in [0.15, 0.2) is 0 Å². The maximum atomic E-state index is 12.1. The Balaban J connectivity index is 2.54. The molecule has 0 saturated heterocycles. The smallest absolute Gasteiger partial charge is 0.240 e. The zero-order chi connectivity index (χ0) is 15.0. The number of hydrogen-bond acceptors (Lipinski definition) is 4. The van der Waals surface area contributed by atoms with Gasteiger partial charge in [0.05, 0.1) is 11.5 Å². The molecule has 0 bridgehead atoms. The molecular weight excluding hydrogens is 276 g/mol. The molecule has 114 valence electrons. The summed E-state index contributed by atoms with van der Waals surface area (Å²) in [5, 5.41) is 0. The summed E-state index contributed by atoms with van der Waals surface area (Å²) in [6.45, 7) is 5.22. The molecule has 1 aromatic rings. The number of benzene rings is 1. The van der Waals surface area contributed by atoms with Crippen LogP contribution in [0.5, 0.6) is 0 Å². The van der Waals surface area contributed by atoms with E-state index in [0.29, 0.717) is 13.2 Å². The Kier molecular flexibility index (Phi) is 7.15. The van der Waals surface area contributed by atoms with Gasteiger partial charge in [-0.25, -0.2) is 13.1 Å². The highest BCUT2D eigenvalue weighted by molar-refractivity contribution is 7.89. The highest BCUT2D eigenvalue weighted by atomic mass is 32.2. The summed E-state index contributed by atoms with van der Waals surface area (Å²) in [5.74, 6) is 0. The van der Waals surface area contributed by atoms with E-state index in [1.165, 1.54) is 0 Å². The Morgan fingerprint density at radius 3 is 2.75 bits per heavy atom. The van der Waals surface area contributed by atoms with E-state index in [2.05, 4.69) is 11.6 Å². The number of ether oxygens (including phenoxy) is 1. The Morgan fingerprint density at radius 2 is 2.10 bits per heavy atom. The first-order chi connectivity index (χ1) is 9.47. The summed E-state index contributed by atoms with van der Waals surface area (Å²) < 4.78 is 32.0. The first-order valence-corrected chi connectivity index (χ1v) is 8.38. The molecule has 0 heterocycles. The molecular formula is C14H24N2O3S. The number of nitrogens with one attached hydrogen (secondary N) is 1. The Bertz CT molecular complexity index is 501. The fourth-order valence-corrected chi connectivity index (χ4v) is 2.71. The molecule has 0 fully saturated rings. The molecule has 1 aromatic carbocycles. The summed E-state index contributed by atoms with van der Waals surface area (Å²) in [6, 6.07) is 6.49. The van der Waals surface area contributed by atoms with Crippen molar-refractivity contribution in [3.8, 4) is 0 Å². The van der Waals surface area contributed by atoms with Gasteiger partial charge in [0.1, 0.15) is 0 Å². The monoisotopic (exact) mass is 300 g/mol. The van der Waals surface area contributed by atoms with E-state index in [1.54, 1.807) is 18.2 Å². The van der Waals surface area contributed by atoms with Gasteiger partial charge in [-0.15, -0.1) is 0 Å². The van der Waals surface area contributed by atoms with Crippen molar-refractivity contribution in [2.24, 2.45) is 5.73 Å². The van der Waals surface area contributed by atoms with Gasteiger partial charge in [0.2, 0.25) is 10.0 Å². The molecule has 0 amide bonds. The Morgan fingerprint density at radius 1 is 1.35 bits per heavy atom. The van der Waals surface area contributed by atoms with Crippen molar-refractivity contribution in [2.45, 2.75) is 37.6 Å². The molecule has 0 radical (unpaired) electrons. The molecule has 5 nitrogen and oxygen atoms in total. The second-order valence-electron chi connectivity index (χ2n) is 4.72.